The number of hydrogen-bond acceptors (Lipinski definition) is 5. The zero-order valence-electron chi connectivity index (χ0n) is 17.1. The molecule has 0 aliphatic carbocycles. The molecule has 1 unspecified atom stereocenters. The Morgan fingerprint density at radius 1 is 1.30 bits per heavy atom. The molecule has 3 rings (SSSR count). The number of nitrogens with one attached hydrogen (secondary N) is 2. The van der Waals surface area contributed by atoms with Gasteiger partial charge in [0.25, 0.3) is 5.91 Å². The lowest BCUT2D eigenvalue weighted by Gasteiger charge is -2.15. The van der Waals surface area contributed by atoms with Crippen molar-refractivity contribution in [1.82, 2.24) is 15.2 Å². The standard InChI is InChI=1S/C22H28N6OS/c23-17-26-22(27-19-8-5-11-24-15-19)25-12-4-2-1-3-7-18-10-13-28(16-18)21(29)20-9-6-14-30-20/h5-6,8-9,11,14-15,18H,1-4,7,10,12-13,16H2,(H2,25,26,27). The van der Waals surface area contributed by atoms with Crippen molar-refractivity contribution in [3.05, 3.63) is 46.9 Å². The molecule has 1 aliphatic heterocycles. The molecule has 1 atom stereocenters. The number of hydrogen-bond donors (Lipinski definition) is 2. The third kappa shape index (κ3) is 6.85. The number of unbranched alkanes of at least 4 members (excludes halogenated alkanes) is 3. The summed E-state index contributed by atoms with van der Waals surface area (Å²) in [7, 11) is 0. The molecule has 2 aromatic rings. The van der Waals surface area contributed by atoms with Crippen LogP contribution < -0.4 is 10.6 Å². The highest BCUT2D eigenvalue weighted by Crippen LogP contribution is 2.24. The van der Waals surface area contributed by atoms with Gasteiger partial charge in [0, 0.05) is 25.8 Å². The average molecular weight is 425 g/mol. The monoisotopic (exact) mass is 424 g/mol. The van der Waals surface area contributed by atoms with Crippen LogP contribution >= 0.6 is 11.3 Å². The van der Waals surface area contributed by atoms with Crippen molar-refractivity contribution in [3.8, 4) is 6.19 Å². The summed E-state index contributed by atoms with van der Waals surface area (Å²) in [6, 6.07) is 7.55. The maximum atomic E-state index is 12.4. The Balaban J connectivity index is 1.28. The minimum atomic E-state index is 0.187. The van der Waals surface area contributed by atoms with Gasteiger partial charge in [0.05, 0.1) is 16.8 Å². The van der Waals surface area contributed by atoms with Crippen LogP contribution in [0.2, 0.25) is 0 Å². The zero-order valence-corrected chi connectivity index (χ0v) is 17.9. The first kappa shape index (κ1) is 21.8. The van der Waals surface area contributed by atoms with E-state index in [1.807, 2.05) is 40.7 Å². The number of amides is 1. The Hall–Kier alpha value is -2.92. The second-order valence-corrected chi connectivity index (χ2v) is 8.37. The Morgan fingerprint density at radius 2 is 2.20 bits per heavy atom. The van der Waals surface area contributed by atoms with Gasteiger partial charge in [-0.1, -0.05) is 25.3 Å². The molecule has 3 heterocycles. The summed E-state index contributed by atoms with van der Waals surface area (Å²) in [4.78, 5) is 23.7. The van der Waals surface area contributed by atoms with Crippen LogP contribution in [-0.2, 0) is 0 Å². The number of carbonyl (C=O) groups is 1. The molecule has 30 heavy (non-hydrogen) atoms. The van der Waals surface area contributed by atoms with Crippen molar-refractivity contribution in [2.24, 2.45) is 10.9 Å². The maximum Gasteiger partial charge on any atom is 0.263 e. The van der Waals surface area contributed by atoms with Crippen LogP contribution in [0.25, 0.3) is 0 Å². The van der Waals surface area contributed by atoms with E-state index in [1.54, 1.807) is 12.4 Å². The molecule has 0 saturated carbocycles. The van der Waals surface area contributed by atoms with E-state index in [-0.39, 0.29) is 5.91 Å². The van der Waals surface area contributed by atoms with Crippen molar-refractivity contribution in [1.29, 1.82) is 5.26 Å². The number of aliphatic imine (C=N–C) groups is 1. The minimum absolute atomic E-state index is 0.187. The molecule has 1 amide bonds. The first-order valence-electron chi connectivity index (χ1n) is 10.5. The summed E-state index contributed by atoms with van der Waals surface area (Å²) >= 11 is 1.52. The molecule has 0 bridgehead atoms. The highest BCUT2D eigenvalue weighted by Gasteiger charge is 2.26. The fourth-order valence-electron chi connectivity index (χ4n) is 3.63. The van der Waals surface area contributed by atoms with Gasteiger partial charge in [-0.25, -0.2) is 0 Å². The molecule has 2 N–H and O–H groups in total. The molecule has 158 valence electrons. The number of nitrogens with zero attached hydrogens (tertiary/aromatic N) is 4. The quantitative estimate of drug-likeness (QED) is 0.208. The summed E-state index contributed by atoms with van der Waals surface area (Å²) in [5.74, 6) is 1.26. The van der Waals surface area contributed by atoms with Gasteiger partial charge in [-0.05, 0) is 48.8 Å². The van der Waals surface area contributed by atoms with Gasteiger partial charge < -0.3 is 10.2 Å². The van der Waals surface area contributed by atoms with Gasteiger partial charge in [-0.3, -0.25) is 20.1 Å². The fourth-order valence-corrected chi connectivity index (χ4v) is 4.33. The lowest BCUT2D eigenvalue weighted by molar-refractivity contribution is 0.0791. The SMILES string of the molecule is N#CNC(=NCCCCCCC1CCN(C(=O)c2cccs2)C1)Nc1cccnc1. The van der Waals surface area contributed by atoms with E-state index in [9.17, 15) is 4.79 Å². The largest absolute Gasteiger partial charge is 0.338 e. The number of pyridine rings is 1. The summed E-state index contributed by atoms with van der Waals surface area (Å²) in [6.07, 6.45) is 12.0. The maximum absolute atomic E-state index is 12.4. The summed E-state index contributed by atoms with van der Waals surface area (Å²) < 4.78 is 0. The van der Waals surface area contributed by atoms with Gasteiger partial charge in [0.15, 0.2) is 6.19 Å². The van der Waals surface area contributed by atoms with Crippen molar-refractivity contribution in [2.45, 2.75) is 38.5 Å². The van der Waals surface area contributed by atoms with E-state index in [0.29, 0.717) is 18.4 Å². The van der Waals surface area contributed by atoms with Gasteiger partial charge in [0.1, 0.15) is 0 Å². The smallest absolute Gasteiger partial charge is 0.263 e. The number of carbonyl (C=O) groups excluding carboxylic acids is 1. The van der Waals surface area contributed by atoms with Gasteiger partial charge in [0.2, 0.25) is 5.96 Å². The first-order chi connectivity index (χ1) is 14.8. The van der Waals surface area contributed by atoms with E-state index in [2.05, 4.69) is 20.6 Å². The molecule has 2 aromatic heterocycles. The predicted octanol–water partition coefficient (Wildman–Crippen LogP) is 4.09. The van der Waals surface area contributed by atoms with Crippen LogP contribution in [0.1, 0.15) is 48.2 Å². The van der Waals surface area contributed by atoms with E-state index >= 15 is 0 Å². The number of guanidine groups is 1. The van der Waals surface area contributed by atoms with Crippen LogP contribution in [0.15, 0.2) is 47.0 Å². The van der Waals surface area contributed by atoms with Crippen LogP contribution in [-0.4, -0.2) is 41.4 Å². The van der Waals surface area contributed by atoms with Crippen molar-refractivity contribution >= 4 is 28.9 Å². The minimum Gasteiger partial charge on any atom is -0.338 e. The van der Waals surface area contributed by atoms with E-state index in [4.69, 9.17) is 5.26 Å². The molecule has 0 radical (unpaired) electrons. The lowest BCUT2D eigenvalue weighted by atomic mass is 10.00. The number of rotatable bonds is 9. The summed E-state index contributed by atoms with van der Waals surface area (Å²) in [5, 5.41) is 16.5. The zero-order chi connectivity index (χ0) is 21.0. The highest BCUT2D eigenvalue weighted by atomic mass is 32.1. The number of nitriles is 1. The molecule has 7 nitrogen and oxygen atoms in total. The number of likely N-dealkylation sites (tertiary alicyclic amines) is 1. The number of anilines is 1. The third-order valence-corrected chi connectivity index (χ3v) is 6.05. The molecule has 1 saturated heterocycles. The second-order valence-electron chi connectivity index (χ2n) is 7.42. The average Bonchev–Trinajstić information content (AvgIpc) is 3.46. The van der Waals surface area contributed by atoms with Crippen LogP contribution in [0.3, 0.4) is 0 Å². The van der Waals surface area contributed by atoms with E-state index in [0.717, 1.165) is 42.9 Å². The topological polar surface area (TPSA) is 93.4 Å². The molecular weight excluding hydrogens is 396 g/mol. The third-order valence-electron chi connectivity index (χ3n) is 5.19. The Labute approximate surface area is 181 Å². The molecule has 1 fully saturated rings. The second kappa shape index (κ2) is 11.9. The number of thiophene rings is 1. The lowest BCUT2D eigenvalue weighted by Crippen LogP contribution is -2.27. The van der Waals surface area contributed by atoms with E-state index < -0.39 is 0 Å². The van der Waals surface area contributed by atoms with Crippen LogP contribution in [0, 0.1) is 17.4 Å². The van der Waals surface area contributed by atoms with Crippen LogP contribution in [0.4, 0.5) is 5.69 Å². The first-order valence-corrected chi connectivity index (χ1v) is 11.3. The van der Waals surface area contributed by atoms with Crippen molar-refractivity contribution in [2.75, 3.05) is 25.0 Å². The molecule has 1 aliphatic rings. The van der Waals surface area contributed by atoms with Gasteiger partial charge in [-0.15, -0.1) is 11.3 Å². The normalized spacial score (nSPS) is 16.3. The van der Waals surface area contributed by atoms with Crippen molar-refractivity contribution < 1.29 is 4.79 Å². The molecular formula is C22H28N6OS. The van der Waals surface area contributed by atoms with Gasteiger partial charge in [-0.2, -0.15) is 5.26 Å². The Morgan fingerprint density at radius 3 is 2.97 bits per heavy atom. The van der Waals surface area contributed by atoms with Crippen LogP contribution in [0.5, 0.6) is 0 Å². The molecule has 0 spiro atoms. The fraction of sp³-hybridized carbons (Fsp3) is 0.455. The number of aromatic nitrogens is 1. The Kier molecular flexibility index (Phi) is 8.66. The molecule has 0 aromatic carbocycles. The summed E-state index contributed by atoms with van der Waals surface area (Å²) in [6.45, 7) is 2.45. The molecule has 8 heteroatoms. The summed E-state index contributed by atoms with van der Waals surface area (Å²) in [5.41, 5.74) is 0.794. The van der Waals surface area contributed by atoms with E-state index in [1.165, 1.54) is 30.6 Å². The Bertz CT molecular complexity index is 846. The van der Waals surface area contributed by atoms with Gasteiger partial charge >= 0.3 is 0 Å². The predicted molar refractivity (Wildman–Crippen MR) is 120 cm³/mol. The highest BCUT2D eigenvalue weighted by molar-refractivity contribution is 7.12. The van der Waals surface area contributed by atoms with Crippen molar-refractivity contribution in [3.63, 3.8) is 0 Å².